The van der Waals surface area contributed by atoms with Crippen LogP contribution in [0.4, 0.5) is 8.78 Å². The third-order valence-corrected chi connectivity index (χ3v) is 6.45. The van der Waals surface area contributed by atoms with Crippen LogP contribution < -0.4 is 5.73 Å². The molecule has 3 nitrogen and oxygen atoms in total. The summed E-state index contributed by atoms with van der Waals surface area (Å²) >= 11 is 0. The van der Waals surface area contributed by atoms with E-state index < -0.39 is 0 Å². The van der Waals surface area contributed by atoms with Crippen LogP contribution >= 0.6 is 0 Å². The van der Waals surface area contributed by atoms with E-state index in [1.54, 1.807) is 6.08 Å². The predicted octanol–water partition coefficient (Wildman–Crippen LogP) is 5.94. The number of rotatable bonds is 4. The first-order valence-corrected chi connectivity index (χ1v) is 10.9. The Morgan fingerprint density at radius 1 is 1.27 bits per heavy atom. The molecule has 5 heteroatoms. The number of hydrogen-bond acceptors (Lipinski definition) is 3. The summed E-state index contributed by atoms with van der Waals surface area (Å²) in [6, 6.07) is 8.51. The van der Waals surface area contributed by atoms with Gasteiger partial charge in [-0.2, -0.15) is 5.10 Å². The van der Waals surface area contributed by atoms with Crippen LogP contribution in [0.1, 0.15) is 56.6 Å². The third kappa shape index (κ3) is 4.13. The summed E-state index contributed by atoms with van der Waals surface area (Å²) in [7, 11) is 1.98. The van der Waals surface area contributed by atoms with E-state index in [4.69, 9.17) is 10.8 Å². The number of hydrogen-bond donors (Lipinski definition) is 1. The molecule has 0 fully saturated rings. The van der Waals surface area contributed by atoms with Crippen molar-refractivity contribution in [2.45, 2.75) is 57.4 Å². The molecule has 30 heavy (non-hydrogen) atoms. The lowest BCUT2D eigenvalue weighted by Crippen LogP contribution is -2.48. The maximum absolute atomic E-state index is 14.5. The molecule has 1 aromatic rings. The smallest absolute Gasteiger partial charge is 0.110 e. The van der Waals surface area contributed by atoms with Gasteiger partial charge in [-0.25, -0.2) is 8.78 Å². The van der Waals surface area contributed by atoms with Crippen molar-refractivity contribution in [1.29, 1.82) is 0 Å². The summed E-state index contributed by atoms with van der Waals surface area (Å²) in [6.45, 7) is 5.92. The van der Waals surface area contributed by atoms with Crippen molar-refractivity contribution in [3.05, 3.63) is 71.4 Å². The Hall–Kier alpha value is -2.27. The van der Waals surface area contributed by atoms with Crippen LogP contribution in [-0.2, 0) is 12.0 Å². The van der Waals surface area contributed by atoms with E-state index in [9.17, 15) is 8.78 Å². The summed E-state index contributed by atoms with van der Waals surface area (Å²) in [5, 5.41) is 6.76. The first-order valence-electron chi connectivity index (χ1n) is 10.9. The van der Waals surface area contributed by atoms with Gasteiger partial charge in [-0.1, -0.05) is 30.3 Å². The Bertz CT molecular complexity index is 871. The van der Waals surface area contributed by atoms with Crippen LogP contribution in [0.5, 0.6) is 0 Å². The molecule has 1 heterocycles. The van der Waals surface area contributed by atoms with Crippen molar-refractivity contribution in [3.8, 4) is 0 Å². The van der Waals surface area contributed by atoms with Crippen molar-refractivity contribution in [1.82, 2.24) is 5.01 Å². The van der Waals surface area contributed by atoms with E-state index in [-0.39, 0.29) is 30.0 Å². The molecule has 1 aromatic carbocycles. The zero-order chi connectivity index (χ0) is 21.7. The highest BCUT2D eigenvalue weighted by Gasteiger charge is 2.51. The zero-order valence-electron chi connectivity index (χ0n) is 18.1. The van der Waals surface area contributed by atoms with Crippen LogP contribution in [0.15, 0.2) is 65.3 Å². The zero-order valence-corrected chi connectivity index (χ0v) is 18.1. The van der Waals surface area contributed by atoms with E-state index in [0.29, 0.717) is 30.2 Å². The molecule has 2 aliphatic carbocycles. The monoisotopic (exact) mass is 413 g/mol. The molecule has 0 aromatic heterocycles. The van der Waals surface area contributed by atoms with Gasteiger partial charge in [0.15, 0.2) is 0 Å². The Morgan fingerprint density at radius 3 is 2.73 bits per heavy atom. The fourth-order valence-corrected chi connectivity index (χ4v) is 5.11. The molecule has 4 rings (SSSR count). The molecule has 1 spiro atoms. The number of aryl methyl sites for hydroxylation is 1. The summed E-state index contributed by atoms with van der Waals surface area (Å²) in [4.78, 5) is 0. The van der Waals surface area contributed by atoms with Crippen LogP contribution in [0, 0.1) is 5.92 Å². The number of allylic oxidation sites excluding steroid dienone is 5. The molecule has 0 saturated carbocycles. The highest BCUT2D eigenvalue weighted by molar-refractivity contribution is 6.04. The minimum Gasteiger partial charge on any atom is -0.330 e. The summed E-state index contributed by atoms with van der Waals surface area (Å²) in [5.74, 6) is -0.118. The summed E-state index contributed by atoms with van der Waals surface area (Å²) in [5.41, 5.74) is 9.13. The quantitative estimate of drug-likeness (QED) is 0.621. The maximum Gasteiger partial charge on any atom is 0.110 e. The van der Waals surface area contributed by atoms with E-state index in [1.807, 2.05) is 19.0 Å². The molecule has 2 atom stereocenters. The molecule has 0 amide bonds. The second-order valence-corrected chi connectivity index (χ2v) is 8.31. The third-order valence-electron chi connectivity index (χ3n) is 6.45. The Balaban J connectivity index is 0.000000806. The molecule has 3 aliphatic rings. The molecule has 162 valence electrons. The fraction of sp³-hybridized carbons (Fsp3) is 0.480. The minimum atomic E-state index is -0.297. The lowest BCUT2D eigenvalue weighted by Gasteiger charge is -2.47. The topological polar surface area (TPSA) is 41.6 Å². The van der Waals surface area contributed by atoms with Crippen molar-refractivity contribution in [2.24, 2.45) is 16.8 Å². The average molecular weight is 414 g/mol. The Morgan fingerprint density at radius 2 is 2.00 bits per heavy atom. The molecule has 0 saturated heterocycles. The second kappa shape index (κ2) is 9.69. The number of fused-ring (bicyclic) bond motifs is 2. The second-order valence-electron chi connectivity index (χ2n) is 8.31. The molecule has 1 aliphatic heterocycles. The van der Waals surface area contributed by atoms with E-state index in [2.05, 4.69) is 30.8 Å². The van der Waals surface area contributed by atoms with E-state index in [0.717, 1.165) is 25.7 Å². The maximum atomic E-state index is 14.5. The lowest BCUT2D eigenvalue weighted by molar-refractivity contribution is 0.0565. The van der Waals surface area contributed by atoms with E-state index in [1.165, 1.54) is 17.2 Å². The molecule has 0 bridgehead atoms. The van der Waals surface area contributed by atoms with Gasteiger partial charge in [0.1, 0.15) is 11.7 Å². The highest BCUT2D eigenvalue weighted by atomic mass is 19.1. The Kier molecular flexibility index (Phi) is 7.24. The molecular formula is C25H33F2N3. The van der Waals surface area contributed by atoms with Gasteiger partial charge in [0.05, 0.1) is 11.3 Å². The van der Waals surface area contributed by atoms with Gasteiger partial charge in [-0.15, -0.1) is 6.58 Å². The largest absolute Gasteiger partial charge is 0.330 e. The van der Waals surface area contributed by atoms with Gasteiger partial charge in [-0.05, 0) is 62.3 Å². The fourth-order valence-electron chi connectivity index (χ4n) is 5.11. The number of halogens is 2. The van der Waals surface area contributed by atoms with Gasteiger partial charge in [0.2, 0.25) is 0 Å². The first kappa shape index (κ1) is 22.4. The Labute approximate surface area is 179 Å². The van der Waals surface area contributed by atoms with Gasteiger partial charge < -0.3 is 5.73 Å². The minimum absolute atomic E-state index is 0.126. The predicted molar refractivity (Wildman–Crippen MR) is 120 cm³/mol. The van der Waals surface area contributed by atoms with Crippen LogP contribution in [0.2, 0.25) is 0 Å². The average Bonchev–Trinajstić information content (AvgIpc) is 3.08. The van der Waals surface area contributed by atoms with Gasteiger partial charge >= 0.3 is 0 Å². The highest BCUT2D eigenvalue weighted by Crippen LogP contribution is 2.51. The van der Waals surface area contributed by atoms with Gasteiger partial charge in [0, 0.05) is 31.9 Å². The van der Waals surface area contributed by atoms with Crippen LogP contribution in [-0.4, -0.2) is 24.3 Å². The molecule has 2 unspecified atom stereocenters. The molecule has 0 radical (unpaired) electrons. The van der Waals surface area contributed by atoms with Crippen LogP contribution in [0.25, 0.3) is 0 Å². The molecular weight excluding hydrogens is 380 g/mol. The standard InChI is InChI=1S/C22H27F2N3.C3H6/c1-27-22(14-21(26-27)18-13-17(23)10-11-20(18)24)16(6-4-12-25)9-8-15-5-2-3-7-19(15)22;1-3-2/h2-3,5,7,13,16H,4,6,8-12,14,25H2,1H3;3H,1H2,2H3. The van der Waals surface area contributed by atoms with Crippen molar-refractivity contribution in [3.63, 3.8) is 0 Å². The number of hydrazone groups is 1. The van der Waals surface area contributed by atoms with Gasteiger partial charge in [0.25, 0.3) is 0 Å². The summed E-state index contributed by atoms with van der Waals surface area (Å²) in [6.07, 6.45) is 8.06. The SMILES string of the molecule is C=CC.CN1N=C(C2=C(F)CCC(F)=C2)CC12c1ccccc1CCC2CCCN. The number of nitrogens with two attached hydrogens (primary N) is 1. The van der Waals surface area contributed by atoms with Crippen molar-refractivity contribution < 1.29 is 8.78 Å². The lowest BCUT2D eigenvalue weighted by atomic mass is 9.65. The van der Waals surface area contributed by atoms with Crippen LogP contribution in [0.3, 0.4) is 0 Å². The number of benzene rings is 1. The van der Waals surface area contributed by atoms with Gasteiger partial charge in [-0.3, -0.25) is 5.01 Å². The normalized spacial score (nSPS) is 25.4. The number of nitrogens with zero attached hydrogens (tertiary/aromatic N) is 2. The summed E-state index contributed by atoms with van der Waals surface area (Å²) < 4.78 is 28.4. The molecule has 2 N–H and O–H groups in total. The van der Waals surface area contributed by atoms with Crippen molar-refractivity contribution in [2.75, 3.05) is 13.6 Å². The van der Waals surface area contributed by atoms with E-state index >= 15 is 0 Å². The first-order chi connectivity index (χ1) is 14.5. The van der Waals surface area contributed by atoms with Crippen molar-refractivity contribution >= 4 is 5.71 Å².